The zero-order valence-corrected chi connectivity index (χ0v) is 15.0. The molecular formula is C18H20N2O5S. The predicted octanol–water partition coefficient (Wildman–Crippen LogP) is 3.35. The summed E-state index contributed by atoms with van der Waals surface area (Å²) in [6, 6.07) is 12.5. The molecule has 2 aromatic carbocycles. The van der Waals surface area contributed by atoms with Gasteiger partial charge in [0.15, 0.2) is 0 Å². The number of ether oxygens (including phenoxy) is 1. The van der Waals surface area contributed by atoms with E-state index in [1.165, 1.54) is 28.6 Å². The second-order valence-corrected chi connectivity index (χ2v) is 8.09. The molecule has 0 unspecified atom stereocenters. The number of nitro benzene ring substituents is 1. The molecular weight excluding hydrogens is 356 g/mol. The lowest BCUT2D eigenvalue weighted by Crippen LogP contribution is -2.35. The van der Waals surface area contributed by atoms with Gasteiger partial charge in [0.25, 0.3) is 5.69 Å². The topological polar surface area (TPSA) is 89.7 Å². The summed E-state index contributed by atoms with van der Waals surface area (Å²) >= 11 is 0. The Morgan fingerprint density at radius 3 is 2.38 bits per heavy atom. The molecule has 1 aliphatic rings. The van der Waals surface area contributed by atoms with Gasteiger partial charge in [-0.2, -0.15) is 4.31 Å². The molecule has 2 aromatic rings. The van der Waals surface area contributed by atoms with E-state index >= 15 is 0 Å². The third kappa shape index (κ3) is 4.20. The Labute approximate surface area is 152 Å². The molecule has 3 rings (SSSR count). The SMILES string of the molecule is O=[N+]([O-])c1cccc(COc2ccc(S(=O)(=O)N3CCCCC3)cc2)c1. The van der Waals surface area contributed by atoms with E-state index in [0.717, 1.165) is 19.3 Å². The molecule has 0 aromatic heterocycles. The summed E-state index contributed by atoms with van der Waals surface area (Å²) in [5, 5.41) is 10.8. The fraction of sp³-hybridized carbons (Fsp3) is 0.333. The van der Waals surface area contributed by atoms with Crippen LogP contribution in [0.3, 0.4) is 0 Å². The zero-order chi connectivity index (χ0) is 18.6. The third-order valence-electron chi connectivity index (χ3n) is 4.30. The van der Waals surface area contributed by atoms with E-state index in [4.69, 9.17) is 4.74 Å². The van der Waals surface area contributed by atoms with Gasteiger partial charge in [-0.25, -0.2) is 8.42 Å². The van der Waals surface area contributed by atoms with Crippen molar-refractivity contribution in [2.45, 2.75) is 30.8 Å². The van der Waals surface area contributed by atoms with Gasteiger partial charge >= 0.3 is 0 Å². The smallest absolute Gasteiger partial charge is 0.269 e. The number of non-ortho nitro benzene ring substituents is 1. The highest BCUT2D eigenvalue weighted by Gasteiger charge is 2.25. The summed E-state index contributed by atoms with van der Waals surface area (Å²) in [7, 11) is -3.46. The second kappa shape index (κ2) is 7.84. The van der Waals surface area contributed by atoms with Gasteiger partial charge < -0.3 is 4.74 Å². The Hall–Kier alpha value is -2.45. The molecule has 0 aliphatic carbocycles. The molecule has 0 saturated carbocycles. The first kappa shape index (κ1) is 18.3. The average Bonchev–Trinajstić information content (AvgIpc) is 2.67. The van der Waals surface area contributed by atoms with Gasteiger partial charge in [0.1, 0.15) is 12.4 Å². The van der Waals surface area contributed by atoms with Gasteiger partial charge in [-0.3, -0.25) is 10.1 Å². The van der Waals surface area contributed by atoms with Crippen LogP contribution in [0.5, 0.6) is 5.75 Å². The van der Waals surface area contributed by atoms with Crippen LogP contribution in [-0.2, 0) is 16.6 Å². The first-order valence-corrected chi connectivity index (χ1v) is 9.87. The zero-order valence-electron chi connectivity index (χ0n) is 14.2. The fourth-order valence-electron chi connectivity index (χ4n) is 2.89. The maximum atomic E-state index is 12.6. The lowest BCUT2D eigenvalue weighted by Gasteiger charge is -2.25. The molecule has 1 aliphatic heterocycles. The van der Waals surface area contributed by atoms with E-state index in [9.17, 15) is 18.5 Å². The highest BCUT2D eigenvalue weighted by Crippen LogP contribution is 2.23. The number of rotatable bonds is 6. The molecule has 7 nitrogen and oxygen atoms in total. The Bertz CT molecular complexity index is 875. The van der Waals surface area contributed by atoms with Gasteiger partial charge in [0, 0.05) is 25.2 Å². The van der Waals surface area contributed by atoms with E-state index in [1.807, 2.05) is 0 Å². The van der Waals surface area contributed by atoms with E-state index in [2.05, 4.69) is 0 Å². The quantitative estimate of drug-likeness (QED) is 0.570. The van der Waals surface area contributed by atoms with Crippen molar-refractivity contribution < 1.29 is 18.1 Å². The average molecular weight is 376 g/mol. The molecule has 1 fully saturated rings. The van der Waals surface area contributed by atoms with Gasteiger partial charge in [-0.1, -0.05) is 18.6 Å². The molecule has 8 heteroatoms. The Morgan fingerprint density at radius 1 is 1.04 bits per heavy atom. The molecule has 138 valence electrons. The molecule has 0 amide bonds. The molecule has 1 saturated heterocycles. The van der Waals surface area contributed by atoms with Crippen LogP contribution < -0.4 is 4.74 Å². The van der Waals surface area contributed by atoms with Crippen molar-refractivity contribution in [3.63, 3.8) is 0 Å². The van der Waals surface area contributed by atoms with Crippen molar-refractivity contribution in [1.82, 2.24) is 4.31 Å². The summed E-state index contributed by atoms with van der Waals surface area (Å²) in [6.07, 6.45) is 2.85. The summed E-state index contributed by atoms with van der Waals surface area (Å²) in [4.78, 5) is 10.6. The third-order valence-corrected chi connectivity index (χ3v) is 6.22. The van der Waals surface area contributed by atoms with Crippen molar-refractivity contribution in [3.8, 4) is 5.75 Å². The molecule has 0 radical (unpaired) electrons. The first-order chi connectivity index (χ1) is 12.5. The van der Waals surface area contributed by atoms with Crippen molar-refractivity contribution >= 4 is 15.7 Å². The lowest BCUT2D eigenvalue weighted by atomic mass is 10.2. The van der Waals surface area contributed by atoms with Crippen LogP contribution in [0.2, 0.25) is 0 Å². The number of hydrogen-bond donors (Lipinski definition) is 0. The summed E-state index contributed by atoms with van der Waals surface area (Å²) in [5.41, 5.74) is 0.679. The Balaban J connectivity index is 1.66. The minimum Gasteiger partial charge on any atom is -0.489 e. The number of sulfonamides is 1. The van der Waals surface area contributed by atoms with E-state index < -0.39 is 14.9 Å². The number of piperidine rings is 1. The van der Waals surface area contributed by atoms with Crippen molar-refractivity contribution in [2.24, 2.45) is 0 Å². The number of benzene rings is 2. The van der Waals surface area contributed by atoms with Crippen LogP contribution in [0.15, 0.2) is 53.4 Å². The maximum absolute atomic E-state index is 12.6. The second-order valence-electron chi connectivity index (χ2n) is 6.15. The van der Waals surface area contributed by atoms with E-state index in [-0.39, 0.29) is 17.2 Å². The summed E-state index contributed by atoms with van der Waals surface area (Å²) < 4.78 is 32.3. The normalized spacial score (nSPS) is 15.5. The Morgan fingerprint density at radius 2 is 1.73 bits per heavy atom. The number of hydrogen-bond acceptors (Lipinski definition) is 5. The lowest BCUT2D eigenvalue weighted by molar-refractivity contribution is -0.384. The monoisotopic (exact) mass is 376 g/mol. The molecule has 0 atom stereocenters. The molecule has 0 N–H and O–H groups in total. The van der Waals surface area contributed by atoms with Crippen LogP contribution in [0, 0.1) is 10.1 Å². The first-order valence-electron chi connectivity index (χ1n) is 8.43. The summed E-state index contributed by atoms with van der Waals surface area (Å²) in [5.74, 6) is 0.508. The van der Waals surface area contributed by atoms with Crippen LogP contribution in [0.25, 0.3) is 0 Å². The van der Waals surface area contributed by atoms with E-state index in [1.54, 1.807) is 24.3 Å². The molecule has 1 heterocycles. The van der Waals surface area contributed by atoms with Crippen LogP contribution in [0.4, 0.5) is 5.69 Å². The van der Waals surface area contributed by atoms with Crippen molar-refractivity contribution in [1.29, 1.82) is 0 Å². The molecule has 0 spiro atoms. The van der Waals surface area contributed by atoms with E-state index in [0.29, 0.717) is 24.4 Å². The predicted molar refractivity (Wildman–Crippen MR) is 96.5 cm³/mol. The van der Waals surface area contributed by atoms with Crippen molar-refractivity contribution in [2.75, 3.05) is 13.1 Å². The van der Waals surface area contributed by atoms with Gasteiger partial charge in [0.05, 0.1) is 9.82 Å². The standard InChI is InChI=1S/C18H20N2O5S/c21-20(22)16-6-4-5-15(13-16)14-25-17-7-9-18(10-8-17)26(23,24)19-11-2-1-3-12-19/h4-10,13H,1-3,11-12,14H2. The van der Waals surface area contributed by atoms with Gasteiger partial charge in [0.2, 0.25) is 10.0 Å². The number of nitro groups is 1. The number of nitrogens with zero attached hydrogens (tertiary/aromatic N) is 2. The highest BCUT2D eigenvalue weighted by atomic mass is 32.2. The van der Waals surface area contributed by atoms with Crippen LogP contribution >= 0.6 is 0 Å². The highest BCUT2D eigenvalue weighted by molar-refractivity contribution is 7.89. The minimum atomic E-state index is -3.46. The van der Waals surface area contributed by atoms with Gasteiger partial charge in [-0.15, -0.1) is 0 Å². The van der Waals surface area contributed by atoms with Crippen LogP contribution in [0.1, 0.15) is 24.8 Å². The van der Waals surface area contributed by atoms with Gasteiger partial charge in [-0.05, 0) is 42.7 Å². The molecule has 0 bridgehead atoms. The maximum Gasteiger partial charge on any atom is 0.269 e. The van der Waals surface area contributed by atoms with Crippen molar-refractivity contribution in [3.05, 3.63) is 64.2 Å². The summed E-state index contributed by atoms with van der Waals surface area (Å²) in [6.45, 7) is 1.29. The Kier molecular flexibility index (Phi) is 5.53. The largest absolute Gasteiger partial charge is 0.489 e. The minimum absolute atomic E-state index is 0.00840. The fourth-order valence-corrected chi connectivity index (χ4v) is 4.41. The molecule has 26 heavy (non-hydrogen) atoms. The van der Waals surface area contributed by atoms with Crippen LogP contribution in [-0.4, -0.2) is 30.7 Å².